The number of nitrogens with one attached hydrogen (secondary N) is 1. The van der Waals surface area contributed by atoms with Crippen LogP contribution in [0.3, 0.4) is 0 Å². The van der Waals surface area contributed by atoms with Crippen molar-refractivity contribution in [2.45, 2.75) is 5.16 Å². The molecule has 162 valence electrons. The predicted octanol–water partition coefficient (Wildman–Crippen LogP) is 5.47. The van der Waals surface area contributed by atoms with Gasteiger partial charge in [0.05, 0.1) is 18.6 Å². The molecule has 1 heterocycles. The first-order valence-corrected chi connectivity index (χ1v) is 10.9. The zero-order valence-corrected chi connectivity index (χ0v) is 18.5. The highest BCUT2D eigenvalue weighted by molar-refractivity contribution is 7.99. The van der Waals surface area contributed by atoms with Gasteiger partial charge in [-0.15, -0.1) is 10.2 Å². The molecule has 9 heteroatoms. The number of hydrogen-bond acceptors (Lipinski definition) is 5. The normalized spacial score (nSPS) is 10.7. The van der Waals surface area contributed by atoms with Crippen molar-refractivity contribution < 1.29 is 13.9 Å². The fraction of sp³-hybridized carbons (Fsp3) is 0.0870. The molecule has 0 unspecified atom stereocenters. The molecule has 0 radical (unpaired) electrons. The minimum absolute atomic E-state index is 0.0732. The van der Waals surface area contributed by atoms with Crippen molar-refractivity contribution in [1.29, 1.82) is 0 Å². The highest BCUT2D eigenvalue weighted by Gasteiger charge is 2.18. The van der Waals surface area contributed by atoms with Gasteiger partial charge in [-0.2, -0.15) is 0 Å². The molecule has 0 aliphatic heterocycles. The van der Waals surface area contributed by atoms with E-state index in [1.165, 1.54) is 31.0 Å². The fourth-order valence-corrected chi connectivity index (χ4v) is 3.98. The number of aromatic nitrogens is 3. The first-order chi connectivity index (χ1) is 15.5. The lowest BCUT2D eigenvalue weighted by atomic mass is 10.2. The monoisotopic (exact) mass is 468 g/mol. The summed E-state index contributed by atoms with van der Waals surface area (Å²) in [5.41, 5.74) is 2.02. The number of carbonyl (C=O) groups is 1. The summed E-state index contributed by atoms with van der Waals surface area (Å²) >= 11 is 7.25. The Labute approximate surface area is 193 Å². The Kier molecular flexibility index (Phi) is 6.72. The van der Waals surface area contributed by atoms with Crippen LogP contribution >= 0.6 is 23.4 Å². The molecule has 1 aromatic heterocycles. The third-order valence-corrected chi connectivity index (χ3v) is 5.68. The van der Waals surface area contributed by atoms with E-state index in [4.69, 9.17) is 16.3 Å². The third-order valence-electron chi connectivity index (χ3n) is 4.52. The SMILES string of the molecule is COc1ccc(Cl)cc1NC(=O)CSc1nnc(-c2ccccc2)n1-c1ccc(F)cc1. The quantitative estimate of drug-likeness (QED) is 0.364. The second-order valence-corrected chi connectivity index (χ2v) is 8.04. The van der Waals surface area contributed by atoms with Gasteiger partial charge in [0.25, 0.3) is 0 Å². The molecule has 0 spiro atoms. The summed E-state index contributed by atoms with van der Waals surface area (Å²) in [4.78, 5) is 12.6. The van der Waals surface area contributed by atoms with E-state index in [0.29, 0.717) is 33.1 Å². The number of anilines is 1. The van der Waals surface area contributed by atoms with Crippen molar-refractivity contribution >= 4 is 35.0 Å². The highest BCUT2D eigenvalue weighted by Crippen LogP contribution is 2.30. The Bertz CT molecular complexity index is 1230. The van der Waals surface area contributed by atoms with Crippen molar-refractivity contribution in [1.82, 2.24) is 14.8 Å². The van der Waals surface area contributed by atoms with Gasteiger partial charge in [0.2, 0.25) is 5.91 Å². The summed E-state index contributed by atoms with van der Waals surface area (Å²) in [5.74, 6) is 0.576. The molecule has 6 nitrogen and oxygen atoms in total. The van der Waals surface area contributed by atoms with Crippen LogP contribution < -0.4 is 10.1 Å². The molecule has 1 amide bonds. The molecule has 1 N–H and O–H groups in total. The number of methoxy groups -OCH3 is 1. The van der Waals surface area contributed by atoms with Crippen LogP contribution in [-0.2, 0) is 4.79 Å². The van der Waals surface area contributed by atoms with Crippen molar-refractivity contribution in [3.63, 3.8) is 0 Å². The molecule has 0 bridgehead atoms. The number of ether oxygens (including phenoxy) is 1. The number of halogens is 2. The van der Waals surface area contributed by atoms with E-state index in [0.717, 1.165) is 5.56 Å². The van der Waals surface area contributed by atoms with Gasteiger partial charge in [0.15, 0.2) is 11.0 Å². The minimum atomic E-state index is -0.341. The van der Waals surface area contributed by atoms with Crippen molar-refractivity contribution in [2.24, 2.45) is 0 Å². The summed E-state index contributed by atoms with van der Waals surface area (Å²) in [6.45, 7) is 0. The van der Waals surface area contributed by atoms with Gasteiger partial charge in [0, 0.05) is 16.3 Å². The molecular formula is C23H18ClFN4O2S. The second-order valence-electron chi connectivity index (χ2n) is 6.67. The molecule has 32 heavy (non-hydrogen) atoms. The summed E-state index contributed by atoms with van der Waals surface area (Å²) in [6, 6.07) is 20.6. The average Bonchev–Trinajstić information content (AvgIpc) is 3.23. The Balaban J connectivity index is 1.59. The Hall–Kier alpha value is -3.36. The van der Waals surface area contributed by atoms with Crippen LogP contribution in [0.5, 0.6) is 5.75 Å². The van der Waals surface area contributed by atoms with E-state index >= 15 is 0 Å². The van der Waals surface area contributed by atoms with Crippen LogP contribution in [-0.4, -0.2) is 33.5 Å². The van der Waals surface area contributed by atoms with Gasteiger partial charge in [-0.05, 0) is 42.5 Å². The Morgan fingerprint density at radius 2 is 1.84 bits per heavy atom. The lowest BCUT2D eigenvalue weighted by molar-refractivity contribution is -0.113. The maximum atomic E-state index is 13.5. The van der Waals surface area contributed by atoms with Crippen molar-refractivity contribution in [3.05, 3.63) is 83.6 Å². The summed E-state index contributed by atoms with van der Waals surface area (Å²) in [6.07, 6.45) is 0. The Morgan fingerprint density at radius 3 is 2.56 bits per heavy atom. The molecule has 0 fully saturated rings. The number of thioether (sulfide) groups is 1. The first kappa shape index (κ1) is 21.9. The van der Waals surface area contributed by atoms with E-state index in [-0.39, 0.29) is 17.5 Å². The standard InChI is InChI=1S/C23H18ClFN4O2S/c1-31-20-12-7-16(24)13-19(20)26-21(30)14-32-23-28-27-22(15-5-3-2-4-6-15)29(23)18-10-8-17(25)9-11-18/h2-13H,14H2,1H3,(H,26,30). The first-order valence-electron chi connectivity index (χ1n) is 9.58. The molecule has 0 aliphatic carbocycles. The maximum Gasteiger partial charge on any atom is 0.234 e. The maximum absolute atomic E-state index is 13.5. The van der Waals surface area contributed by atoms with E-state index in [1.807, 2.05) is 30.3 Å². The van der Waals surface area contributed by atoms with Gasteiger partial charge >= 0.3 is 0 Å². The molecule has 3 aromatic carbocycles. The lowest BCUT2D eigenvalue weighted by Gasteiger charge is -2.12. The molecular weight excluding hydrogens is 451 g/mol. The summed E-state index contributed by atoms with van der Waals surface area (Å²) < 4.78 is 20.5. The number of rotatable bonds is 7. The average molecular weight is 469 g/mol. The summed E-state index contributed by atoms with van der Waals surface area (Å²) in [7, 11) is 1.52. The van der Waals surface area contributed by atoms with E-state index in [1.54, 1.807) is 34.9 Å². The van der Waals surface area contributed by atoms with E-state index in [2.05, 4.69) is 15.5 Å². The Morgan fingerprint density at radius 1 is 1.09 bits per heavy atom. The number of hydrogen-bond donors (Lipinski definition) is 1. The summed E-state index contributed by atoms with van der Waals surface area (Å²) in [5, 5.41) is 12.4. The lowest BCUT2D eigenvalue weighted by Crippen LogP contribution is -2.15. The second kappa shape index (κ2) is 9.84. The van der Waals surface area contributed by atoms with Crippen LogP contribution in [0.4, 0.5) is 10.1 Å². The van der Waals surface area contributed by atoms with Gasteiger partial charge in [-0.25, -0.2) is 4.39 Å². The van der Waals surface area contributed by atoms with E-state index in [9.17, 15) is 9.18 Å². The number of benzene rings is 3. The van der Waals surface area contributed by atoms with Crippen molar-refractivity contribution in [3.8, 4) is 22.8 Å². The van der Waals surface area contributed by atoms with Crippen molar-refractivity contribution in [2.75, 3.05) is 18.2 Å². The molecule has 0 aliphatic rings. The largest absolute Gasteiger partial charge is 0.495 e. The fourth-order valence-electron chi connectivity index (χ4n) is 3.05. The minimum Gasteiger partial charge on any atom is -0.495 e. The molecule has 0 atom stereocenters. The van der Waals surface area contributed by atoms with Gasteiger partial charge in [-0.1, -0.05) is 53.7 Å². The van der Waals surface area contributed by atoms with Crippen LogP contribution in [0.2, 0.25) is 5.02 Å². The highest BCUT2D eigenvalue weighted by atomic mass is 35.5. The number of amides is 1. The van der Waals surface area contributed by atoms with E-state index < -0.39 is 0 Å². The van der Waals surface area contributed by atoms with Crippen LogP contribution in [0.1, 0.15) is 0 Å². The zero-order valence-electron chi connectivity index (χ0n) is 17.0. The molecule has 4 rings (SSSR count). The third kappa shape index (κ3) is 4.92. The molecule has 4 aromatic rings. The van der Waals surface area contributed by atoms with Crippen LogP contribution in [0.25, 0.3) is 17.1 Å². The zero-order chi connectivity index (χ0) is 22.5. The smallest absolute Gasteiger partial charge is 0.234 e. The topological polar surface area (TPSA) is 69.0 Å². The number of nitrogens with zero attached hydrogens (tertiary/aromatic N) is 3. The molecule has 0 saturated carbocycles. The van der Waals surface area contributed by atoms with Gasteiger partial charge in [0.1, 0.15) is 11.6 Å². The molecule has 0 saturated heterocycles. The van der Waals surface area contributed by atoms with Crippen LogP contribution in [0, 0.1) is 5.82 Å². The van der Waals surface area contributed by atoms with Crippen LogP contribution in [0.15, 0.2) is 78.0 Å². The van der Waals surface area contributed by atoms with Gasteiger partial charge in [-0.3, -0.25) is 9.36 Å². The predicted molar refractivity (Wildman–Crippen MR) is 124 cm³/mol. The van der Waals surface area contributed by atoms with Gasteiger partial charge < -0.3 is 10.1 Å². The number of carbonyl (C=O) groups excluding carboxylic acids is 1.